The van der Waals surface area contributed by atoms with E-state index in [4.69, 9.17) is 29.7 Å². The van der Waals surface area contributed by atoms with E-state index in [1.165, 1.54) is 28.3 Å². The molecule has 9 aromatic heterocycles. The minimum absolute atomic E-state index is 0.0153. The first kappa shape index (κ1) is 43.6. The Hall–Kier alpha value is -10.0. The monoisotopic (exact) mass is 1150 g/mol. The maximum atomic E-state index is 8.07. The molecule has 3 aliphatic rings. The number of hydrogen-bond donors (Lipinski definition) is 0. The summed E-state index contributed by atoms with van der Waals surface area (Å²) in [6, 6.07) is 46.8. The normalized spacial score (nSPS) is 15.9. The fourth-order valence-corrected chi connectivity index (χ4v) is 12.2. The van der Waals surface area contributed by atoms with Crippen LogP contribution < -0.4 is 44.9 Å². The Morgan fingerprint density at radius 3 is 1.44 bits per heavy atom. The van der Waals surface area contributed by atoms with Gasteiger partial charge in [0.1, 0.15) is 21.1 Å². The second kappa shape index (κ2) is 22.8. The summed E-state index contributed by atoms with van der Waals surface area (Å²) in [6.45, 7) is -5.42. The molecule has 0 bridgehead atoms. The number of rotatable bonds is 6. The van der Waals surface area contributed by atoms with Crippen molar-refractivity contribution in [3.05, 3.63) is 233 Å². The second-order valence-electron chi connectivity index (χ2n) is 22.4. The van der Waals surface area contributed by atoms with Crippen molar-refractivity contribution in [3.63, 3.8) is 0 Å². The average molecular weight is 1150 g/mol. The van der Waals surface area contributed by atoms with Gasteiger partial charge in [-0.3, -0.25) is 0 Å². The van der Waals surface area contributed by atoms with Crippen LogP contribution in [0.4, 0.5) is 17.7 Å². The largest absolute Gasteiger partial charge is 0.423 e. The summed E-state index contributed by atoms with van der Waals surface area (Å²) in [6.07, 6.45) is 12.0. The first-order valence-electron chi connectivity index (χ1n) is 34.7. The molecule has 0 N–H and O–H groups in total. The Kier molecular flexibility index (Phi) is 11.4. The molecule has 0 saturated carbocycles. The van der Waals surface area contributed by atoms with E-state index >= 15 is 0 Å². The Morgan fingerprint density at radius 2 is 0.885 bits per heavy atom. The zero-order chi connectivity index (χ0) is 70.4. The van der Waals surface area contributed by atoms with Crippen molar-refractivity contribution in [3.8, 4) is 33.4 Å². The molecule has 12 nitrogen and oxygen atoms in total. The maximum Gasteiger partial charge on any atom is 0.398 e. The summed E-state index contributed by atoms with van der Waals surface area (Å²) in [5.74, 6) is 8.27. The summed E-state index contributed by atoms with van der Waals surface area (Å²) >= 11 is 0. The number of nitrogens with zero attached hydrogens (tertiary/aromatic N) is 9. The van der Waals surface area contributed by atoms with E-state index in [1.807, 2.05) is 130 Å². The summed E-state index contributed by atoms with van der Waals surface area (Å²) < 4.78 is 117. The third kappa shape index (κ3) is 10.4. The molecule has 0 radical (unpaired) electrons. The van der Waals surface area contributed by atoms with Gasteiger partial charge >= 0.3 is 20.5 Å². The van der Waals surface area contributed by atoms with Gasteiger partial charge in [0.25, 0.3) is 0 Å². The van der Waals surface area contributed by atoms with Gasteiger partial charge in [0.2, 0.25) is 17.1 Å². The van der Waals surface area contributed by atoms with Crippen LogP contribution in [0.3, 0.4) is 0 Å². The van der Waals surface area contributed by atoms with Gasteiger partial charge in [-0.25, -0.2) is 28.7 Å². The summed E-state index contributed by atoms with van der Waals surface area (Å²) in [4.78, 5) is 18.9. The van der Waals surface area contributed by atoms with Crippen LogP contribution in [0.15, 0.2) is 195 Å². The molecule has 426 valence electrons. The van der Waals surface area contributed by atoms with E-state index < -0.39 is 27.4 Å². The number of pyridine rings is 6. The second-order valence-corrected chi connectivity index (χ2v) is 22.4. The summed E-state index contributed by atoms with van der Waals surface area (Å²) in [5.41, 5.74) is 15.4. The highest BCUT2D eigenvalue weighted by Gasteiger charge is 2.39. The van der Waals surface area contributed by atoms with E-state index in [9.17, 15) is 0 Å². The highest BCUT2D eigenvalue weighted by molar-refractivity contribution is 6.82. The number of aromatic nitrogens is 6. The van der Waals surface area contributed by atoms with E-state index in [1.54, 1.807) is 30.5 Å². The van der Waals surface area contributed by atoms with E-state index in [-0.39, 0.29) is 48.9 Å². The molecular weight excluding hydrogens is 1070 g/mol. The molecule has 3 aliphatic heterocycles. The SMILES string of the molecule is [2H]C([2H])([2H])c1cc(C)c2c3c(oc2n1)N(C)B(c1cc(-c2ccccc2)cc[n+]1C)C=C3.[2H]C([2H])([2H])c1ccc2c3c(oc2n1)N(C)B(c1cc(-c2ccccc2)c(C([2H])([2H])[2H])c[n+]1C)C=C3.[2H]C([2H])([2H])c1ccc2c3c(oc2n1)N(C)B(c1cc(C)c(-c2ccccc2)c[n+]1C)C=C3. The van der Waals surface area contributed by atoms with Crippen LogP contribution in [0.25, 0.3) is 84.9 Å². The maximum absolute atomic E-state index is 8.07. The van der Waals surface area contributed by atoms with Crippen LogP contribution in [-0.4, -0.2) is 56.6 Å². The lowest BCUT2D eigenvalue weighted by Crippen LogP contribution is -2.60. The predicted molar refractivity (Wildman–Crippen MR) is 358 cm³/mol. The minimum Gasteiger partial charge on any atom is -0.423 e. The average Bonchev–Trinajstić information content (AvgIpc) is 1.67. The Labute approximate surface area is 526 Å². The molecular formula is C72H69B3N9O3+3. The van der Waals surface area contributed by atoms with Gasteiger partial charge in [-0.1, -0.05) is 127 Å². The molecule has 0 aliphatic carbocycles. The van der Waals surface area contributed by atoms with Crippen molar-refractivity contribution in [2.75, 3.05) is 35.6 Å². The van der Waals surface area contributed by atoms with Crippen molar-refractivity contribution in [2.24, 2.45) is 21.1 Å². The molecule has 0 unspecified atom stereocenters. The fourth-order valence-electron chi connectivity index (χ4n) is 12.2. The molecule has 12 heterocycles. The van der Waals surface area contributed by atoms with Crippen molar-refractivity contribution in [1.29, 1.82) is 0 Å². The van der Waals surface area contributed by atoms with Crippen LogP contribution in [0.1, 0.15) is 66.9 Å². The van der Waals surface area contributed by atoms with Gasteiger partial charge in [0.05, 0.1) is 5.39 Å². The zero-order valence-electron chi connectivity index (χ0n) is 61.5. The topological polar surface area (TPSA) is 99.5 Å². The predicted octanol–water partition coefficient (Wildman–Crippen LogP) is 11.5. The number of anilines is 3. The first-order chi connectivity index (χ1) is 46.9. The number of hydrogen-bond acceptors (Lipinski definition) is 9. The summed E-state index contributed by atoms with van der Waals surface area (Å²) in [5, 5.41) is 2.41. The van der Waals surface area contributed by atoms with Crippen LogP contribution >= 0.6 is 0 Å². The van der Waals surface area contributed by atoms with Crippen molar-refractivity contribution in [2.45, 2.75) is 41.3 Å². The minimum atomic E-state index is -2.32. The van der Waals surface area contributed by atoms with Crippen molar-refractivity contribution in [1.82, 2.24) is 15.0 Å². The van der Waals surface area contributed by atoms with Crippen LogP contribution in [-0.2, 0) is 21.1 Å². The molecule has 0 atom stereocenters. The molecule has 87 heavy (non-hydrogen) atoms. The van der Waals surface area contributed by atoms with Gasteiger partial charge in [-0.15, -0.1) is 0 Å². The highest BCUT2D eigenvalue weighted by Crippen LogP contribution is 2.39. The van der Waals surface area contributed by atoms with Crippen LogP contribution in [0.2, 0.25) is 0 Å². The van der Waals surface area contributed by atoms with Gasteiger partial charge in [-0.05, 0) is 132 Å². The first-order valence-corrected chi connectivity index (χ1v) is 28.7. The van der Waals surface area contributed by atoms with Crippen LogP contribution in [0.5, 0.6) is 0 Å². The van der Waals surface area contributed by atoms with Gasteiger partial charge in [-0.2, -0.15) is 0 Å². The third-order valence-electron chi connectivity index (χ3n) is 16.8. The number of aryl methyl sites for hydroxylation is 9. The Bertz CT molecular complexity index is 5210. The number of furan rings is 3. The number of benzene rings is 3. The van der Waals surface area contributed by atoms with E-state index in [2.05, 4.69) is 133 Å². The molecule has 12 aromatic rings. The van der Waals surface area contributed by atoms with Crippen molar-refractivity contribution >= 4 is 107 Å². The summed E-state index contributed by atoms with van der Waals surface area (Å²) in [7, 11) is 11.8. The molecule has 15 rings (SSSR count). The van der Waals surface area contributed by atoms with Crippen LogP contribution in [0, 0.1) is 41.3 Å². The molecule has 0 saturated heterocycles. The van der Waals surface area contributed by atoms with E-state index in [0.29, 0.717) is 34.6 Å². The fraction of sp³-hybridized carbons (Fsp3) is 0.167. The molecule has 0 spiro atoms. The van der Waals surface area contributed by atoms with Crippen molar-refractivity contribution < 1.29 is 43.4 Å². The standard InChI is InChI=1S/3C24H23BN3O/c1-16-14-17(2)26-23-22(16)20-10-12-25(28(4)24(20)29-23)21-15-19(11-13-27(21)3)18-8-6-5-7-9-18;1-16-15-27(3)22(14-21(16)18-8-6-5-7-9-18)25-13-12-20-19-11-10-17(2)26-23(19)29-24(20)28(25)4;1-16-14-22(27(3)15-21(16)18-8-6-5-7-9-18)25-13-12-20-19-11-10-17(2)26-23(19)29-24(20)28(25)4/h3*5-15H,1-4H3/q3*+1/i2D3;1D3,2D3;2D3. The third-order valence-corrected chi connectivity index (χ3v) is 16.8. The molecule has 0 fully saturated rings. The lowest BCUT2D eigenvalue weighted by atomic mass is 9.55. The van der Waals surface area contributed by atoms with E-state index in [0.717, 1.165) is 66.3 Å². The Morgan fingerprint density at radius 1 is 0.414 bits per heavy atom. The zero-order valence-corrected chi connectivity index (χ0v) is 49.5. The van der Waals surface area contributed by atoms with Gasteiger partial charge in [0.15, 0.2) is 53.0 Å². The quantitative estimate of drug-likeness (QED) is 0.119. The smallest absolute Gasteiger partial charge is 0.398 e. The Balaban J connectivity index is 0.000000134. The highest BCUT2D eigenvalue weighted by atomic mass is 16.4. The molecule has 3 aromatic carbocycles. The lowest BCUT2D eigenvalue weighted by molar-refractivity contribution is -0.654. The van der Waals surface area contributed by atoms with Gasteiger partial charge < -0.3 is 27.7 Å². The molecule has 0 amide bonds. The van der Waals surface area contributed by atoms with Gasteiger partial charge in [0, 0.05) is 96.4 Å². The lowest BCUT2D eigenvalue weighted by Gasteiger charge is -2.25. The molecule has 15 heteroatoms. The number of fused-ring (bicyclic) bond motifs is 9.